The Bertz CT molecular complexity index is 810. The summed E-state index contributed by atoms with van der Waals surface area (Å²) < 4.78 is 39.5. The highest BCUT2D eigenvalue weighted by Crippen LogP contribution is 2.39. The van der Waals surface area contributed by atoms with E-state index in [0.29, 0.717) is 10.4 Å². The second-order valence-corrected chi connectivity index (χ2v) is 5.57. The summed E-state index contributed by atoms with van der Waals surface area (Å²) in [6, 6.07) is 11.3. The van der Waals surface area contributed by atoms with Gasteiger partial charge < -0.3 is 5.32 Å². The van der Waals surface area contributed by atoms with Crippen molar-refractivity contribution >= 4 is 23.1 Å². The fourth-order valence-electron chi connectivity index (χ4n) is 2.10. The fourth-order valence-corrected chi connectivity index (χ4v) is 2.72. The number of nitrogens with one attached hydrogen (secondary N) is 2. The van der Waals surface area contributed by atoms with Gasteiger partial charge in [0.1, 0.15) is 5.69 Å². The number of carbonyl (C=O) groups is 1. The molecular formula is C15H10F3N3OS. The summed E-state index contributed by atoms with van der Waals surface area (Å²) in [7, 11) is 0. The monoisotopic (exact) mass is 337 g/mol. The first-order valence-electron chi connectivity index (χ1n) is 6.52. The van der Waals surface area contributed by atoms with Crippen LogP contribution in [0.4, 0.5) is 19.0 Å². The Morgan fingerprint density at radius 3 is 2.48 bits per heavy atom. The lowest BCUT2D eigenvalue weighted by molar-refractivity contribution is -0.140. The molecule has 118 valence electrons. The van der Waals surface area contributed by atoms with Crippen molar-refractivity contribution < 1.29 is 18.0 Å². The van der Waals surface area contributed by atoms with Crippen molar-refractivity contribution in [3.8, 4) is 11.1 Å². The minimum Gasteiger partial charge on any atom is -0.304 e. The first kappa shape index (κ1) is 15.3. The summed E-state index contributed by atoms with van der Waals surface area (Å²) in [6.07, 6.45) is -4.61. The summed E-state index contributed by atoms with van der Waals surface area (Å²) in [5.41, 5.74) is -0.858. The van der Waals surface area contributed by atoms with E-state index < -0.39 is 17.8 Å². The van der Waals surface area contributed by atoms with Gasteiger partial charge in [0, 0.05) is 0 Å². The number of amides is 1. The number of benzene rings is 1. The molecule has 0 aliphatic heterocycles. The Balaban J connectivity index is 2.04. The van der Waals surface area contributed by atoms with Gasteiger partial charge in [-0.05, 0) is 17.0 Å². The van der Waals surface area contributed by atoms with E-state index in [1.807, 2.05) is 5.10 Å². The molecule has 0 aliphatic carbocycles. The van der Waals surface area contributed by atoms with E-state index in [1.165, 1.54) is 23.5 Å². The van der Waals surface area contributed by atoms with Crippen LogP contribution < -0.4 is 5.32 Å². The normalized spacial score (nSPS) is 11.4. The standard InChI is InChI=1S/C15H10F3N3OS/c16-15(17,18)12-11(9-5-2-1-3-6-9)13(21-20-12)19-14(22)10-7-4-8-23-10/h1-8H,(H2,19,20,21,22). The smallest absolute Gasteiger partial charge is 0.304 e. The second-order valence-electron chi connectivity index (χ2n) is 4.62. The molecule has 0 unspecified atom stereocenters. The molecule has 0 aliphatic rings. The fraction of sp³-hybridized carbons (Fsp3) is 0.0667. The average molecular weight is 337 g/mol. The van der Waals surface area contributed by atoms with Gasteiger partial charge in [0.25, 0.3) is 5.91 Å². The highest BCUT2D eigenvalue weighted by molar-refractivity contribution is 7.12. The van der Waals surface area contributed by atoms with Gasteiger partial charge in [0.05, 0.1) is 10.4 Å². The quantitative estimate of drug-likeness (QED) is 0.744. The largest absolute Gasteiger partial charge is 0.433 e. The van der Waals surface area contributed by atoms with Crippen molar-refractivity contribution in [1.29, 1.82) is 0 Å². The number of H-pyrrole nitrogens is 1. The van der Waals surface area contributed by atoms with Gasteiger partial charge in [-0.15, -0.1) is 11.3 Å². The first-order chi connectivity index (χ1) is 11.0. The van der Waals surface area contributed by atoms with Gasteiger partial charge in [-0.2, -0.15) is 18.3 Å². The molecule has 4 nitrogen and oxygen atoms in total. The highest BCUT2D eigenvalue weighted by atomic mass is 32.1. The molecule has 0 spiro atoms. The van der Waals surface area contributed by atoms with E-state index in [1.54, 1.807) is 35.7 Å². The van der Waals surface area contributed by atoms with E-state index in [0.717, 1.165) is 0 Å². The lowest BCUT2D eigenvalue weighted by atomic mass is 10.1. The molecule has 0 fully saturated rings. The number of hydrogen-bond donors (Lipinski definition) is 2. The van der Waals surface area contributed by atoms with Crippen LogP contribution >= 0.6 is 11.3 Å². The van der Waals surface area contributed by atoms with Gasteiger partial charge in [-0.25, -0.2) is 0 Å². The average Bonchev–Trinajstić information content (AvgIpc) is 3.17. The summed E-state index contributed by atoms with van der Waals surface area (Å²) in [5.74, 6) is -0.653. The molecule has 3 aromatic rings. The van der Waals surface area contributed by atoms with Gasteiger partial charge in [-0.3, -0.25) is 9.89 Å². The maximum absolute atomic E-state index is 13.2. The van der Waals surface area contributed by atoms with Crippen LogP contribution in [0, 0.1) is 0 Å². The Morgan fingerprint density at radius 1 is 1.13 bits per heavy atom. The predicted octanol–water partition coefficient (Wildman–Crippen LogP) is 4.41. The van der Waals surface area contributed by atoms with Crippen LogP contribution in [-0.4, -0.2) is 16.1 Å². The van der Waals surface area contributed by atoms with E-state index in [4.69, 9.17) is 0 Å². The van der Waals surface area contributed by atoms with E-state index >= 15 is 0 Å². The third kappa shape index (κ3) is 3.11. The minimum atomic E-state index is -4.61. The van der Waals surface area contributed by atoms with Crippen LogP contribution in [0.15, 0.2) is 47.8 Å². The zero-order valence-corrected chi connectivity index (χ0v) is 12.3. The van der Waals surface area contributed by atoms with Crippen LogP contribution in [0.3, 0.4) is 0 Å². The molecule has 3 rings (SSSR count). The van der Waals surface area contributed by atoms with Crippen LogP contribution in [-0.2, 0) is 6.18 Å². The number of halogens is 3. The Labute approximate surface area is 133 Å². The van der Waals surface area contributed by atoms with E-state index in [-0.39, 0.29) is 11.4 Å². The zero-order valence-electron chi connectivity index (χ0n) is 11.5. The molecule has 1 aromatic carbocycles. The molecule has 1 amide bonds. The first-order valence-corrected chi connectivity index (χ1v) is 7.40. The van der Waals surface area contributed by atoms with Crippen LogP contribution in [0.2, 0.25) is 0 Å². The predicted molar refractivity (Wildman–Crippen MR) is 81.3 cm³/mol. The second kappa shape index (κ2) is 5.88. The number of aromatic nitrogens is 2. The van der Waals surface area contributed by atoms with Crippen molar-refractivity contribution in [2.45, 2.75) is 6.18 Å². The number of hydrogen-bond acceptors (Lipinski definition) is 3. The van der Waals surface area contributed by atoms with Crippen molar-refractivity contribution in [3.63, 3.8) is 0 Å². The molecule has 23 heavy (non-hydrogen) atoms. The Kier molecular flexibility index (Phi) is 3.91. The van der Waals surface area contributed by atoms with Crippen molar-refractivity contribution in [2.75, 3.05) is 5.32 Å². The molecule has 0 saturated heterocycles. The van der Waals surface area contributed by atoms with Crippen LogP contribution in [0.1, 0.15) is 15.4 Å². The maximum atomic E-state index is 13.2. The number of alkyl halides is 3. The lowest BCUT2D eigenvalue weighted by Crippen LogP contribution is -2.12. The lowest BCUT2D eigenvalue weighted by Gasteiger charge is -2.09. The van der Waals surface area contributed by atoms with Crippen molar-refractivity contribution in [1.82, 2.24) is 10.2 Å². The van der Waals surface area contributed by atoms with E-state index in [9.17, 15) is 18.0 Å². The number of anilines is 1. The summed E-state index contributed by atoms with van der Waals surface area (Å²) in [5, 5.41) is 9.75. The van der Waals surface area contributed by atoms with Crippen molar-refractivity contribution in [2.24, 2.45) is 0 Å². The highest BCUT2D eigenvalue weighted by Gasteiger charge is 2.38. The van der Waals surface area contributed by atoms with E-state index in [2.05, 4.69) is 10.4 Å². The summed E-state index contributed by atoms with van der Waals surface area (Å²) in [4.78, 5) is 12.5. The molecule has 2 N–H and O–H groups in total. The zero-order chi connectivity index (χ0) is 16.4. The third-order valence-corrected chi connectivity index (χ3v) is 3.96. The van der Waals surface area contributed by atoms with Gasteiger partial charge in [0.15, 0.2) is 5.82 Å². The number of rotatable bonds is 3. The molecule has 0 radical (unpaired) electrons. The third-order valence-electron chi connectivity index (χ3n) is 3.09. The van der Waals surface area contributed by atoms with Gasteiger partial charge >= 0.3 is 6.18 Å². The molecule has 2 aromatic heterocycles. The summed E-state index contributed by atoms with van der Waals surface area (Å²) in [6.45, 7) is 0. The maximum Gasteiger partial charge on any atom is 0.433 e. The molecule has 8 heteroatoms. The Morgan fingerprint density at radius 2 is 1.87 bits per heavy atom. The summed E-state index contributed by atoms with van der Waals surface area (Å²) >= 11 is 1.19. The number of thiophene rings is 1. The number of aromatic amines is 1. The number of nitrogens with zero attached hydrogens (tertiary/aromatic N) is 1. The molecule has 0 saturated carbocycles. The van der Waals surface area contributed by atoms with Gasteiger partial charge in [-0.1, -0.05) is 36.4 Å². The Hall–Kier alpha value is -2.61. The van der Waals surface area contributed by atoms with Crippen molar-refractivity contribution in [3.05, 3.63) is 58.4 Å². The van der Waals surface area contributed by atoms with Crippen LogP contribution in [0.5, 0.6) is 0 Å². The van der Waals surface area contributed by atoms with Gasteiger partial charge in [0.2, 0.25) is 0 Å². The molecule has 0 bridgehead atoms. The molecular weight excluding hydrogens is 327 g/mol. The topological polar surface area (TPSA) is 57.8 Å². The van der Waals surface area contributed by atoms with Crippen LogP contribution in [0.25, 0.3) is 11.1 Å². The molecule has 0 atom stereocenters. The molecule has 2 heterocycles. The minimum absolute atomic E-state index is 0.151. The SMILES string of the molecule is O=C(Nc1n[nH]c(C(F)(F)F)c1-c1ccccc1)c1cccs1. The number of carbonyl (C=O) groups excluding carboxylic acids is 1.